The van der Waals surface area contributed by atoms with Crippen molar-refractivity contribution in [1.82, 2.24) is 0 Å². The van der Waals surface area contributed by atoms with Gasteiger partial charge in [0.2, 0.25) is 5.78 Å². The summed E-state index contributed by atoms with van der Waals surface area (Å²) < 4.78 is 15.1. The first kappa shape index (κ1) is 17.6. The summed E-state index contributed by atoms with van der Waals surface area (Å²) >= 11 is 5.70. The summed E-state index contributed by atoms with van der Waals surface area (Å²) in [6, 6.07) is 8.65. The summed E-state index contributed by atoms with van der Waals surface area (Å²) in [5.41, 5.74) is 0.181. The molecule has 0 amide bonds. The lowest BCUT2D eigenvalue weighted by molar-refractivity contribution is 0.0471. The van der Waals surface area contributed by atoms with Crippen molar-refractivity contribution >= 4 is 23.4 Å². The van der Waals surface area contributed by atoms with Gasteiger partial charge < -0.3 is 19.3 Å². The summed E-state index contributed by atoms with van der Waals surface area (Å²) in [6.45, 7) is -0.496. The third-order valence-corrected chi connectivity index (χ3v) is 3.46. The molecule has 0 spiro atoms. The quantitative estimate of drug-likeness (QED) is 0.636. The highest BCUT2D eigenvalue weighted by atomic mass is 35.5. The van der Waals surface area contributed by atoms with Crippen molar-refractivity contribution in [3.05, 3.63) is 52.5 Å². The number of ketones is 1. The fourth-order valence-electron chi connectivity index (χ4n) is 1.99. The highest BCUT2D eigenvalue weighted by molar-refractivity contribution is 6.30. The zero-order valence-electron chi connectivity index (χ0n) is 13.0. The first-order valence-electron chi connectivity index (χ1n) is 6.87. The number of phenolic OH excluding ortho intramolecular Hbond substituents is 1. The Labute approximate surface area is 143 Å². The summed E-state index contributed by atoms with van der Waals surface area (Å²) in [7, 11) is 2.92. The van der Waals surface area contributed by atoms with Gasteiger partial charge in [-0.1, -0.05) is 11.6 Å². The molecule has 2 aromatic rings. The molecular weight excluding hydrogens is 336 g/mol. The van der Waals surface area contributed by atoms with Crippen LogP contribution in [0.1, 0.15) is 20.7 Å². The van der Waals surface area contributed by atoms with Gasteiger partial charge in [0.15, 0.2) is 6.61 Å². The number of benzene rings is 2. The number of halogens is 1. The van der Waals surface area contributed by atoms with Crippen molar-refractivity contribution in [2.24, 2.45) is 0 Å². The Morgan fingerprint density at radius 3 is 2.38 bits per heavy atom. The molecule has 0 unspecified atom stereocenters. The van der Waals surface area contributed by atoms with Crippen LogP contribution < -0.4 is 9.47 Å². The molecule has 2 aromatic carbocycles. The molecule has 0 aliphatic rings. The van der Waals surface area contributed by atoms with E-state index in [1.165, 1.54) is 38.5 Å². The number of hydrogen-bond donors (Lipinski definition) is 1. The minimum absolute atomic E-state index is 0.0751. The van der Waals surface area contributed by atoms with Crippen LogP contribution in [0.25, 0.3) is 0 Å². The van der Waals surface area contributed by atoms with Gasteiger partial charge in [-0.25, -0.2) is 4.79 Å². The van der Waals surface area contributed by atoms with Crippen molar-refractivity contribution in [3.8, 4) is 17.2 Å². The average Bonchev–Trinajstić information content (AvgIpc) is 2.58. The Morgan fingerprint density at radius 2 is 1.75 bits per heavy atom. The second kappa shape index (κ2) is 7.70. The van der Waals surface area contributed by atoms with Gasteiger partial charge in [0.25, 0.3) is 0 Å². The molecule has 2 rings (SSSR count). The summed E-state index contributed by atoms with van der Waals surface area (Å²) in [5.74, 6) is -0.750. The van der Waals surface area contributed by atoms with Crippen molar-refractivity contribution in [1.29, 1.82) is 0 Å². The lowest BCUT2D eigenvalue weighted by Crippen LogP contribution is -2.15. The molecule has 0 aliphatic heterocycles. The third kappa shape index (κ3) is 3.97. The number of rotatable bonds is 6. The molecule has 6 nitrogen and oxygen atoms in total. The van der Waals surface area contributed by atoms with E-state index in [0.717, 1.165) is 0 Å². The number of hydrogen-bond acceptors (Lipinski definition) is 6. The predicted molar refractivity (Wildman–Crippen MR) is 87.3 cm³/mol. The lowest BCUT2D eigenvalue weighted by atomic mass is 10.1. The topological polar surface area (TPSA) is 82.1 Å². The molecule has 0 fully saturated rings. The van der Waals surface area contributed by atoms with Gasteiger partial charge >= 0.3 is 5.97 Å². The van der Waals surface area contributed by atoms with Gasteiger partial charge in [-0.2, -0.15) is 0 Å². The molecule has 0 saturated heterocycles. The molecule has 0 aliphatic carbocycles. The number of carbonyl (C=O) groups is 2. The number of carbonyl (C=O) groups excluding carboxylic acids is 2. The van der Waals surface area contributed by atoms with Gasteiger partial charge in [0.05, 0.1) is 19.8 Å². The Morgan fingerprint density at radius 1 is 1.04 bits per heavy atom. The van der Waals surface area contributed by atoms with E-state index in [1.807, 2.05) is 0 Å². The highest BCUT2D eigenvalue weighted by Crippen LogP contribution is 2.26. The Kier molecular flexibility index (Phi) is 5.65. The fourth-order valence-corrected chi connectivity index (χ4v) is 2.16. The molecular formula is C17H15ClO6. The van der Waals surface area contributed by atoms with Gasteiger partial charge in [0.1, 0.15) is 22.8 Å². The van der Waals surface area contributed by atoms with Gasteiger partial charge in [-0.05, 0) is 30.3 Å². The SMILES string of the molecule is COc1ccc(C(=O)COC(=O)c2ccc(Cl)cc2O)c(OC)c1. The maximum Gasteiger partial charge on any atom is 0.342 e. The molecule has 0 aromatic heterocycles. The number of esters is 1. The van der Waals surface area contributed by atoms with Crippen LogP contribution in [0.5, 0.6) is 17.2 Å². The molecule has 126 valence electrons. The van der Waals surface area contributed by atoms with Crippen LogP contribution >= 0.6 is 11.6 Å². The lowest BCUT2D eigenvalue weighted by Gasteiger charge is -2.10. The van der Waals surface area contributed by atoms with Crippen LogP contribution in [0.4, 0.5) is 0 Å². The zero-order valence-corrected chi connectivity index (χ0v) is 13.8. The van der Waals surface area contributed by atoms with Gasteiger partial charge in [-0.3, -0.25) is 4.79 Å². The second-order valence-electron chi connectivity index (χ2n) is 4.73. The van der Waals surface area contributed by atoms with Crippen LogP contribution in [0.2, 0.25) is 5.02 Å². The summed E-state index contributed by atoms with van der Waals surface area (Å²) in [4.78, 5) is 24.2. The van der Waals surface area contributed by atoms with Crippen LogP contribution in [-0.2, 0) is 4.74 Å². The van der Waals surface area contributed by atoms with Crippen LogP contribution in [0.3, 0.4) is 0 Å². The third-order valence-electron chi connectivity index (χ3n) is 3.22. The minimum atomic E-state index is -0.829. The monoisotopic (exact) mass is 350 g/mol. The maximum absolute atomic E-state index is 12.2. The van der Waals surface area contributed by atoms with E-state index in [0.29, 0.717) is 11.5 Å². The molecule has 7 heteroatoms. The molecule has 0 heterocycles. The largest absolute Gasteiger partial charge is 0.507 e. The standard InChI is InChI=1S/C17H15ClO6/c1-22-11-4-6-12(16(8-11)23-2)15(20)9-24-17(21)13-5-3-10(18)7-14(13)19/h3-8,19H,9H2,1-2H3. The molecule has 0 radical (unpaired) electrons. The molecule has 24 heavy (non-hydrogen) atoms. The summed E-state index contributed by atoms with van der Waals surface area (Å²) in [6.07, 6.45) is 0. The highest BCUT2D eigenvalue weighted by Gasteiger charge is 2.18. The van der Waals surface area contributed by atoms with Crippen molar-refractivity contribution < 1.29 is 28.9 Å². The first-order chi connectivity index (χ1) is 11.5. The number of methoxy groups -OCH3 is 2. The number of aromatic hydroxyl groups is 1. The van der Waals surface area contributed by atoms with Gasteiger partial charge in [0, 0.05) is 11.1 Å². The van der Waals surface area contributed by atoms with E-state index in [2.05, 4.69) is 0 Å². The fraction of sp³-hybridized carbons (Fsp3) is 0.176. The van der Waals surface area contributed by atoms with E-state index < -0.39 is 18.4 Å². The first-order valence-corrected chi connectivity index (χ1v) is 7.25. The van der Waals surface area contributed by atoms with E-state index >= 15 is 0 Å². The van der Waals surface area contributed by atoms with E-state index in [9.17, 15) is 14.7 Å². The zero-order chi connectivity index (χ0) is 17.7. The average molecular weight is 351 g/mol. The number of ether oxygens (including phenoxy) is 3. The van der Waals surface area contributed by atoms with Crippen molar-refractivity contribution in [3.63, 3.8) is 0 Å². The minimum Gasteiger partial charge on any atom is -0.507 e. The molecule has 1 N–H and O–H groups in total. The molecule has 0 atom stereocenters. The van der Waals surface area contributed by atoms with Crippen molar-refractivity contribution in [2.45, 2.75) is 0 Å². The van der Waals surface area contributed by atoms with E-state index in [1.54, 1.807) is 12.1 Å². The number of Topliss-reactive ketones (excluding diaryl/α,β-unsaturated/α-hetero) is 1. The van der Waals surface area contributed by atoms with Crippen molar-refractivity contribution in [2.75, 3.05) is 20.8 Å². The predicted octanol–water partition coefficient (Wildman–Crippen LogP) is 3.10. The van der Waals surface area contributed by atoms with Crippen LogP contribution in [-0.4, -0.2) is 37.7 Å². The van der Waals surface area contributed by atoms with Gasteiger partial charge in [-0.15, -0.1) is 0 Å². The number of phenols is 1. The molecule has 0 bridgehead atoms. The Bertz CT molecular complexity index is 772. The maximum atomic E-state index is 12.2. The molecule has 0 saturated carbocycles. The van der Waals surface area contributed by atoms with Crippen LogP contribution in [0.15, 0.2) is 36.4 Å². The second-order valence-corrected chi connectivity index (χ2v) is 5.16. The normalized spacial score (nSPS) is 10.1. The smallest absolute Gasteiger partial charge is 0.342 e. The Hall–Kier alpha value is -2.73. The van der Waals surface area contributed by atoms with E-state index in [-0.39, 0.29) is 21.9 Å². The summed E-state index contributed by atoms with van der Waals surface area (Å²) in [5, 5.41) is 9.96. The Balaban J connectivity index is 2.09. The van der Waals surface area contributed by atoms with E-state index in [4.69, 9.17) is 25.8 Å². The van der Waals surface area contributed by atoms with Crippen LogP contribution in [0, 0.1) is 0 Å².